The molecular weight excluding hydrogens is 358 g/mol. The molecule has 0 aliphatic carbocycles. The zero-order chi connectivity index (χ0) is 16.8. The Morgan fingerprint density at radius 1 is 1.00 bits per heavy atom. The molecule has 1 aliphatic rings. The molecule has 126 valence electrons. The molecule has 0 bridgehead atoms. The number of H-pyrrole nitrogens is 1. The van der Waals surface area contributed by atoms with Crippen molar-refractivity contribution in [1.82, 2.24) is 24.3 Å². The highest BCUT2D eigenvalue weighted by Crippen LogP contribution is 2.31. The Labute approximate surface area is 152 Å². The Hall–Kier alpha value is -2.45. The van der Waals surface area contributed by atoms with E-state index in [9.17, 15) is 0 Å². The lowest BCUT2D eigenvalue weighted by molar-refractivity contribution is 0.646. The topological polar surface area (TPSA) is 73.8 Å². The zero-order valence-corrected chi connectivity index (χ0v) is 14.8. The fourth-order valence-electron chi connectivity index (χ4n) is 3.25. The average Bonchev–Trinajstić information content (AvgIpc) is 3.28. The van der Waals surface area contributed by atoms with E-state index in [-0.39, 0.29) is 5.28 Å². The molecule has 1 aliphatic heterocycles. The predicted molar refractivity (Wildman–Crippen MR) is 101 cm³/mol. The highest BCUT2D eigenvalue weighted by molar-refractivity contribution is 7.13. The lowest BCUT2D eigenvalue weighted by Gasteiger charge is -2.35. The minimum Gasteiger partial charge on any atom is -0.352 e. The summed E-state index contributed by atoms with van der Waals surface area (Å²) in [5, 5.41) is 1.45. The Balaban J connectivity index is 1.42. The van der Waals surface area contributed by atoms with E-state index in [4.69, 9.17) is 11.6 Å². The average molecular weight is 372 g/mol. The van der Waals surface area contributed by atoms with Crippen LogP contribution < -0.4 is 9.80 Å². The number of fused-ring (bicyclic) bond motifs is 2. The van der Waals surface area contributed by atoms with Gasteiger partial charge in [0.25, 0.3) is 0 Å². The van der Waals surface area contributed by atoms with Gasteiger partial charge in [-0.2, -0.15) is 14.3 Å². The van der Waals surface area contributed by atoms with Gasteiger partial charge in [-0.05, 0) is 35.3 Å². The quantitative estimate of drug-likeness (QED) is 0.546. The Bertz CT molecular complexity index is 1050. The number of anilines is 2. The maximum Gasteiger partial charge on any atom is 0.226 e. The van der Waals surface area contributed by atoms with Crippen molar-refractivity contribution in [3.63, 3.8) is 0 Å². The SMILES string of the molecule is Clc1nc(N2CCN(c3nsc4ccccc34)CC2)c2[nH]cnc2n1. The normalized spacial score (nSPS) is 15.4. The van der Waals surface area contributed by atoms with Crippen LogP contribution in [0.15, 0.2) is 30.6 Å². The van der Waals surface area contributed by atoms with Crippen LogP contribution >= 0.6 is 23.1 Å². The maximum atomic E-state index is 6.05. The van der Waals surface area contributed by atoms with Crippen molar-refractivity contribution in [1.29, 1.82) is 0 Å². The standard InChI is InChI=1S/C16H14ClN7S/c17-16-20-13-12(18-9-19-13)15(21-16)24-7-5-23(6-8-24)14-10-3-1-2-4-11(10)25-22-14/h1-4,9H,5-8H2,(H,18,19,20,21). The van der Waals surface area contributed by atoms with Crippen LogP contribution in [0.25, 0.3) is 21.3 Å². The molecular formula is C16H14ClN7S. The molecule has 3 aromatic heterocycles. The van der Waals surface area contributed by atoms with Crippen LogP contribution in [0, 0.1) is 0 Å². The number of piperazine rings is 1. The van der Waals surface area contributed by atoms with E-state index in [1.165, 1.54) is 10.1 Å². The van der Waals surface area contributed by atoms with Gasteiger partial charge < -0.3 is 14.8 Å². The van der Waals surface area contributed by atoms with E-state index >= 15 is 0 Å². The summed E-state index contributed by atoms with van der Waals surface area (Å²) in [4.78, 5) is 20.4. The van der Waals surface area contributed by atoms with Crippen molar-refractivity contribution in [2.24, 2.45) is 0 Å². The molecule has 0 atom stereocenters. The molecule has 1 aromatic carbocycles. The molecule has 7 nitrogen and oxygen atoms in total. The van der Waals surface area contributed by atoms with Crippen molar-refractivity contribution in [3.8, 4) is 0 Å². The molecule has 4 aromatic rings. The number of halogens is 1. The van der Waals surface area contributed by atoms with E-state index < -0.39 is 0 Å². The second kappa shape index (κ2) is 5.82. The van der Waals surface area contributed by atoms with Gasteiger partial charge in [0.1, 0.15) is 11.3 Å². The monoisotopic (exact) mass is 371 g/mol. The molecule has 25 heavy (non-hydrogen) atoms. The van der Waals surface area contributed by atoms with E-state index in [0.29, 0.717) is 5.65 Å². The van der Waals surface area contributed by atoms with E-state index in [1.54, 1.807) is 17.9 Å². The van der Waals surface area contributed by atoms with Crippen LogP contribution in [-0.2, 0) is 0 Å². The van der Waals surface area contributed by atoms with Crippen LogP contribution in [0.4, 0.5) is 11.6 Å². The zero-order valence-electron chi connectivity index (χ0n) is 13.2. The Morgan fingerprint density at radius 2 is 1.76 bits per heavy atom. The lowest BCUT2D eigenvalue weighted by atomic mass is 10.2. The van der Waals surface area contributed by atoms with Crippen molar-refractivity contribution >= 4 is 56.0 Å². The van der Waals surface area contributed by atoms with Crippen molar-refractivity contribution in [3.05, 3.63) is 35.9 Å². The van der Waals surface area contributed by atoms with Gasteiger partial charge in [-0.15, -0.1) is 0 Å². The largest absolute Gasteiger partial charge is 0.352 e. The smallest absolute Gasteiger partial charge is 0.226 e. The lowest BCUT2D eigenvalue weighted by Crippen LogP contribution is -2.47. The molecule has 9 heteroatoms. The number of aromatic nitrogens is 5. The van der Waals surface area contributed by atoms with Crippen LogP contribution in [0.1, 0.15) is 0 Å². The number of nitrogens with zero attached hydrogens (tertiary/aromatic N) is 6. The maximum absolute atomic E-state index is 6.05. The summed E-state index contributed by atoms with van der Waals surface area (Å²) < 4.78 is 5.88. The summed E-state index contributed by atoms with van der Waals surface area (Å²) >= 11 is 7.61. The summed E-state index contributed by atoms with van der Waals surface area (Å²) in [6, 6.07) is 8.37. The number of hydrogen-bond donors (Lipinski definition) is 1. The first-order valence-corrected chi connectivity index (χ1v) is 9.16. The fraction of sp³-hybridized carbons (Fsp3) is 0.250. The fourth-order valence-corrected chi connectivity index (χ4v) is 4.21. The van der Waals surface area contributed by atoms with Crippen molar-refractivity contribution in [2.75, 3.05) is 36.0 Å². The van der Waals surface area contributed by atoms with E-state index in [1.807, 2.05) is 0 Å². The number of aromatic amines is 1. The van der Waals surface area contributed by atoms with Gasteiger partial charge in [-0.25, -0.2) is 4.98 Å². The van der Waals surface area contributed by atoms with Gasteiger partial charge in [0.15, 0.2) is 11.5 Å². The summed E-state index contributed by atoms with van der Waals surface area (Å²) in [5.41, 5.74) is 1.43. The molecule has 0 spiro atoms. The van der Waals surface area contributed by atoms with E-state index in [2.05, 4.69) is 58.4 Å². The molecule has 4 heterocycles. The summed E-state index contributed by atoms with van der Waals surface area (Å²) in [6.07, 6.45) is 1.62. The molecule has 0 amide bonds. The molecule has 1 N–H and O–H groups in total. The second-order valence-corrected chi connectivity index (χ2v) is 7.04. The summed E-state index contributed by atoms with van der Waals surface area (Å²) in [6.45, 7) is 3.44. The van der Waals surface area contributed by atoms with E-state index in [0.717, 1.165) is 43.3 Å². The minimum absolute atomic E-state index is 0.225. The first kappa shape index (κ1) is 14.9. The number of nitrogens with one attached hydrogen (secondary N) is 1. The highest BCUT2D eigenvalue weighted by Gasteiger charge is 2.23. The third-order valence-electron chi connectivity index (χ3n) is 4.48. The number of rotatable bonds is 2. The van der Waals surface area contributed by atoms with Gasteiger partial charge in [-0.3, -0.25) is 0 Å². The molecule has 1 saturated heterocycles. The molecule has 5 rings (SSSR count). The van der Waals surface area contributed by atoms with Crippen molar-refractivity contribution < 1.29 is 0 Å². The molecule has 1 fully saturated rings. The van der Waals surface area contributed by atoms with Crippen LogP contribution in [-0.4, -0.2) is 50.5 Å². The number of benzene rings is 1. The molecule has 0 radical (unpaired) electrons. The first-order chi connectivity index (χ1) is 12.3. The molecule has 0 saturated carbocycles. The van der Waals surface area contributed by atoms with Crippen LogP contribution in [0.5, 0.6) is 0 Å². The Morgan fingerprint density at radius 3 is 2.60 bits per heavy atom. The summed E-state index contributed by atoms with van der Waals surface area (Å²) in [7, 11) is 0. The third-order valence-corrected chi connectivity index (χ3v) is 5.46. The van der Waals surface area contributed by atoms with Crippen molar-refractivity contribution in [2.45, 2.75) is 0 Å². The predicted octanol–water partition coefficient (Wildman–Crippen LogP) is 2.94. The van der Waals surface area contributed by atoms with Gasteiger partial charge in [0.05, 0.1) is 11.0 Å². The van der Waals surface area contributed by atoms with Gasteiger partial charge in [0, 0.05) is 31.6 Å². The van der Waals surface area contributed by atoms with Crippen LogP contribution in [0.2, 0.25) is 5.28 Å². The van der Waals surface area contributed by atoms with Gasteiger partial charge >= 0.3 is 0 Å². The minimum atomic E-state index is 0.225. The highest BCUT2D eigenvalue weighted by atomic mass is 35.5. The number of hydrogen-bond acceptors (Lipinski definition) is 7. The second-order valence-electron chi connectivity index (χ2n) is 5.89. The first-order valence-electron chi connectivity index (χ1n) is 8.00. The Kier molecular flexibility index (Phi) is 3.46. The molecule has 0 unspecified atom stereocenters. The van der Waals surface area contributed by atoms with Gasteiger partial charge in [-0.1, -0.05) is 12.1 Å². The van der Waals surface area contributed by atoms with Crippen LogP contribution in [0.3, 0.4) is 0 Å². The third kappa shape index (κ3) is 2.49. The van der Waals surface area contributed by atoms with Gasteiger partial charge in [0.2, 0.25) is 5.28 Å². The number of imidazole rings is 1. The summed E-state index contributed by atoms with van der Waals surface area (Å²) in [5.74, 6) is 1.89.